The van der Waals surface area contributed by atoms with Crippen LogP contribution in [0, 0.1) is 0 Å². The van der Waals surface area contributed by atoms with Crippen molar-refractivity contribution in [2.24, 2.45) is 0 Å². The molecule has 140 valence electrons. The van der Waals surface area contributed by atoms with Gasteiger partial charge in [0.2, 0.25) is 10.0 Å². The van der Waals surface area contributed by atoms with Crippen LogP contribution in [0.4, 0.5) is 5.82 Å². The molecule has 0 amide bonds. The zero-order valence-corrected chi connectivity index (χ0v) is 17.0. The lowest BCUT2D eigenvalue weighted by atomic mass is 10.3. The van der Waals surface area contributed by atoms with Gasteiger partial charge in [0.15, 0.2) is 0 Å². The fourth-order valence-electron chi connectivity index (χ4n) is 2.77. The molecule has 2 aromatic rings. The maximum atomic E-state index is 12.5. The summed E-state index contributed by atoms with van der Waals surface area (Å²) in [5.74, 6) is 1.52. The van der Waals surface area contributed by atoms with Crippen LogP contribution < -0.4 is 9.64 Å². The van der Waals surface area contributed by atoms with E-state index in [4.69, 9.17) is 4.74 Å². The number of pyridine rings is 1. The average Bonchev–Trinajstić information content (AvgIpc) is 3.19. The van der Waals surface area contributed by atoms with E-state index in [1.165, 1.54) is 10.5 Å². The largest absolute Gasteiger partial charge is 0.492 e. The topological polar surface area (TPSA) is 62.7 Å². The molecule has 1 aliphatic heterocycles. The first-order chi connectivity index (χ1) is 12.5. The summed E-state index contributed by atoms with van der Waals surface area (Å²) < 4.78 is 33.3. The third-order valence-corrected chi connectivity index (χ3v) is 6.73. The fourth-order valence-corrected chi connectivity index (χ4v) is 4.50. The summed E-state index contributed by atoms with van der Waals surface area (Å²) in [6, 6.07) is 11.0. The molecular formula is C18H22BrN3O3S. The average molecular weight is 440 g/mol. The van der Waals surface area contributed by atoms with Crippen LogP contribution in [0.2, 0.25) is 0 Å². The van der Waals surface area contributed by atoms with Gasteiger partial charge in [-0.1, -0.05) is 15.9 Å². The molecule has 0 atom stereocenters. The summed E-state index contributed by atoms with van der Waals surface area (Å²) in [7, 11) is -1.51. The van der Waals surface area contributed by atoms with Gasteiger partial charge in [0, 0.05) is 30.8 Å². The summed E-state index contributed by atoms with van der Waals surface area (Å²) in [5, 5.41) is 0. The molecule has 1 aromatic carbocycles. The van der Waals surface area contributed by atoms with Crippen molar-refractivity contribution in [2.75, 3.05) is 38.2 Å². The molecule has 0 N–H and O–H groups in total. The van der Waals surface area contributed by atoms with Gasteiger partial charge in [-0.15, -0.1) is 0 Å². The second-order valence-electron chi connectivity index (χ2n) is 6.19. The van der Waals surface area contributed by atoms with Gasteiger partial charge >= 0.3 is 0 Å². The van der Waals surface area contributed by atoms with Gasteiger partial charge in [0.25, 0.3) is 0 Å². The van der Waals surface area contributed by atoms with Crippen LogP contribution in [0.3, 0.4) is 0 Å². The van der Waals surface area contributed by atoms with Gasteiger partial charge in [0.1, 0.15) is 23.1 Å². The molecule has 0 spiro atoms. The fraction of sp³-hybridized carbons (Fsp3) is 0.389. The highest BCUT2D eigenvalue weighted by Crippen LogP contribution is 2.21. The minimum absolute atomic E-state index is 0.252. The first-order valence-electron chi connectivity index (χ1n) is 8.52. The standard InChI is InChI=1S/C18H22BrN3O3S/c1-21(12-13-25-16-6-4-15(19)5-7-16)18-9-8-17(14-20-18)26(23,24)22-10-2-3-11-22/h4-9,14H,2-3,10-13H2,1H3. The number of hydrogen-bond acceptors (Lipinski definition) is 5. The van der Waals surface area contributed by atoms with Crippen LogP contribution in [0.1, 0.15) is 12.8 Å². The second kappa shape index (κ2) is 8.37. The van der Waals surface area contributed by atoms with Crippen LogP contribution >= 0.6 is 15.9 Å². The van der Waals surface area contributed by atoms with Crippen LogP contribution in [0.5, 0.6) is 5.75 Å². The number of rotatable bonds is 7. The van der Waals surface area contributed by atoms with Crippen LogP contribution in [0.25, 0.3) is 0 Å². The molecular weight excluding hydrogens is 418 g/mol. The van der Waals surface area contributed by atoms with E-state index in [0.717, 1.165) is 23.1 Å². The van der Waals surface area contributed by atoms with Crippen LogP contribution in [-0.2, 0) is 10.0 Å². The molecule has 3 rings (SSSR count). The Kier molecular flexibility index (Phi) is 6.16. The number of benzene rings is 1. The lowest BCUT2D eigenvalue weighted by Crippen LogP contribution is -2.28. The van der Waals surface area contributed by atoms with E-state index in [2.05, 4.69) is 20.9 Å². The summed E-state index contributed by atoms with van der Waals surface area (Å²) in [4.78, 5) is 6.50. The maximum Gasteiger partial charge on any atom is 0.244 e. The highest BCUT2D eigenvalue weighted by atomic mass is 79.9. The van der Waals surface area contributed by atoms with Crippen molar-refractivity contribution >= 4 is 31.8 Å². The van der Waals surface area contributed by atoms with Gasteiger partial charge in [0.05, 0.1) is 6.54 Å². The zero-order chi connectivity index (χ0) is 18.6. The predicted octanol–water partition coefficient (Wildman–Crippen LogP) is 3.14. The van der Waals surface area contributed by atoms with Crippen molar-refractivity contribution in [1.29, 1.82) is 0 Å². The van der Waals surface area contributed by atoms with E-state index < -0.39 is 10.0 Å². The molecule has 0 bridgehead atoms. The third kappa shape index (κ3) is 4.55. The number of likely N-dealkylation sites (N-methyl/N-ethyl adjacent to an activating group) is 1. The first-order valence-corrected chi connectivity index (χ1v) is 10.8. The summed E-state index contributed by atoms with van der Waals surface area (Å²) in [5.41, 5.74) is 0. The zero-order valence-electron chi connectivity index (χ0n) is 14.6. The predicted molar refractivity (Wildman–Crippen MR) is 105 cm³/mol. The van der Waals surface area contributed by atoms with Crippen LogP contribution in [-0.4, -0.2) is 51.0 Å². The van der Waals surface area contributed by atoms with Gasteiger partial charge in [-0.2, -0.15) is 4.31 Å². The van der Waals surface area contributed by atoms with Crippen molar-refractivity contribution in [3.05, 3.63) is 47.1 Å². The Morgan fingerprint density at radius 2 is 1.85 bits per heavy atom. The summed E-state index contributed by atoms with van der Waals surface area (Å²) in [6.07, 6.45) is 3.28. The number of sulfonamides is 1. The molecule has 1 aromatic heterocycles. The molecule has 0 aliphatic carbocycles. The molecule has 1 saturated heterocycles. The van der Waals surface area contributed by atoms with Crippen LogP contribution in [0.15, 0.2) is 52.0 Å². The van der Waals surface area contributed by atoms with E-state index in [1.807, 2.05) is 36.2 Å². The first kappa shape index (κ1) is 19.1. The number of ether oxygens (including phenoxy) is 1. The third-order valence-electron chi connectivity index (χ3n) is 4.32. The molecule has 8 heteroatoms. The Bertz CT molecular complexity index is 820. The number of hydrogen-bond donors (Lipinski definition) is 0. The van der Waals surface area contributed by atoms with E-state index in [1.54, 1.807) is 12.1 Å². The van der Waals surface area contributed by atoms with E-state index in [0.29, 0.717) is 32.1 Å². The van der Waals surface area contributed by atoms with Gasteiger partial charge in [-0.25, -0.2) is 13.4 Å². The summed E-state index contributed by atoms with van der Waals surface area (Å²) >= 11 is 3.39. The number of aromatic nitrogens is 1. The number of nitrogens with zero attached hydrogens (tertiary/aromatic N) is 3. The summed E-state index contributed by atoms with van der Waals surface area (Å²) in [6.45, 7) is 2.34. The normalized spacial score (nSPS) is 15.2. The van der Waals surface area contributed by atoms with E-state index in [-0.39, 0.29) is 4.90 Å². The molecule has 1 fully saturated rings. The molecule has 6 nitrogen and oxygen atoms in total. The minimum Gasteiger partial charge on any atom is -0.492 e. The quantitative estimate of drug-likeness (QED) is 0.662. The number of anilines is 1. The van der Waals surface area contributed by atoms with Crippen molar-refractivity contribution in [3.63, 3.8) is 0 Å². The Morgan fingerprint density at radius 3 is 2.46 bits per heavy atom. The highest BCUT2D eigenvalue weighted by molar-refractivity contribution is 9.10. The molecule has 1 aliphatic rings. The Hall–Kier alpha value is -1.64. The maximum absolute atomic E-state index is 12.5. The van der Waals surface area contributed by atoms with Crippen molar-refractivity contribution < 1.29 is 13.2 Å². The molecule has 0 saturated carbocycles. The van der Waals surface area contributed by atoms with Crippen molar-refractivity contribution in [2.45, 2.75) is 17.7 Å². The van der Waals surface area contributed by atoms with Crippen molar-refractivity contribution in [3.8, 4) is 5.75 Å². The Labute approximate surface area is 163 Å². The molecule has 0 unspecified atom stereocenters. The monoisotopic (exact) mass is 439 g/mol. The molecule has 2 heterocycles. The second-order valence-corrected chi connectivity index (χ2v) is 9.04. The lowest BCUT2D eigenvalue weighted by Gasteiger charge is -2.19. The van der Waals surface area contributed by atoms with E-state index in [9.17, 15) is 8.42 Å². The Morgan fingerprint density at radius 1 is 1.15 bits per heavy atom. The van der Waals surface area contributed by atoms with Gasteiger partial charge in [-0.3, -0.25) is 0 Å². The Balaban J connectivity index is 1.56. The van der Waals surface area contributed by atoms with Crippen molar-refractivity contribution in [1.82, 2.24) is 9.29 Å². The SMILES string of the molecule is CN(CCOc1ccc(Br)cc1)c1ccc(S(=O)(=O)N2CCCC2)cn1. The smallest absolute Gasteiger partial charge is 0.244 e. The minimum atomic E-state index is -3.41. The number of halogens is 1. The lowest BCUT2D eigenvalue weighted by molar-refractivity contribution is 0.325. The highest BCUT2D eigenvalue weighted by Gasteiger charge is 2.27. The molecule has 0 radical (unpaired) electrons. The van der Waals surface area contributed by atoms with Gasteiger partial charge < -0.3 is 9.64 Å². The van der Waals surface area contributed by atoms with E-state index >= 15 is 0 Å². The molecule has 26 heavy (non-hydrogen) atoms. The van der Waals surface area contributed by atoms with Gasteiger partial charge in [-0.05, 0) is 49.2 Å².